The van der Waals surface area contributed by atoms with Crippen molar-refractivity contribution in [3.05, 3.63) is 95.9 Å². The molecule has 10 heteroatoms. The van der Waals surface area contributed by atoms with E-state index in [2.05, 4.69) is 20.4 Å². The topological polar surface area (TPSA) is 119 Å². The third-order valence-electron chi connectivity index (χ3n) is 5.19. The van der Waals surface area contributed by atoms with Crippen LogP contribution in [0.3, 0.4) is 0 Å². The summed E-state index contributed by atoms with van der Waals surface area (Å²) in [5.74, 6) is -0.853. The van der Waals surface area contributed by atoms with E-state index in [0.29, 0.717) is 11.9 Å². The fraction of sp³-hybridized carbons (Fsp3) is 0.167. The van der Waals surface area contributed by atoms with Crippen LogP contribution in [0.4, 0.5) is 0 Å². The van der Waals surface area contributed by atoms with Gasteiger partial charge in [0.25, 0.3) is 11.9 Å². The molecule has 174 valence electrons. The van der Waals surface area contributed by atoms with Gasteiger partial charge in [0.15, 0.2) is 0 Å². The van der Waals surface area contributed by atoms with Crippen LogP contribution >= 0.6 is 7.37 Å². The summed E-state index contributed by atoms with van der Waals surface area (Å²) in [5.41, 5.74) is 1.54. The first-order chi connectivity index (χ1) is 16.4. The summed E-state index contributed by atoms with van der Waals surface area (Å²) in [7, 11) is -2.92. The number of hydrogen-bond donors (Lipinski definition) is 2. The summed E-state index contributed by atoms with van der Waals surface area (Å²) in [6.07, 6.45) is 4.45. The lowest BCUT2D eigenvalue weighted by Crippen LogP contribution is -2.30. The number of nitrogens with zero attached hydrogens (tertiary/aromatic N) is 4. The van der Waals surface area contributed by atoms with Gasteiger partial charge in [-0.3, -0.25) is 9.36 Å². The van der Waals surface area contributed by atoms with E-state index in [1.807, 2.05) is 30.3 Å². The van der Waals surface area contributed by atoms with Crippen molar-refractivity contribution in [1.29, 1.82) is 0 Å². The average Bonchev–Trinajstić information content (AvgIpc) is 3.38. The number of aromatic hydroxyl groups is 1. The lowest BCUT2D eigenvalue weighted by Gasteiger charge is -2.21. The van der Waals surface area contributed by atoms with Crippen LogP contribution in [-0.4, -0.2) is 44.0 Å². The van der Waals surface area contributed by atoms with Gasteiger partial charge in [-0.15, -0.1) is 0 Å². The molecule has 2 aromatic carbocycles. The molecule has 0 aliphatic carbocycles. The Bertz CT molecular complexity index is 1310. The predicted molar refractivity (Wildman–Crippen MR) is 128 cm³/mol. The highest BCUT2D eigenvalue weighted by molar-refractivity contribution is 7.66. The van der Waals surface area contributed by atoms with Crippen molar-refractivity contribution < 1.29 is 19.0 Å². The third kappa shape index (κ3) is 5.06. The molecule has 4 rings (SSSR count). The molecule has 0 radical (unpaired) electrons. The molecule has 9 nitrogen and oxygen atoms in total. The Morgan fingerprint density at radius 2 is 1.82 bits per heavy atom. The summed E-state index contributed by atoms with van der Waals surface area (Å²) < 4.78 is 19.5. The molecule has 0 aliphatic heterocycles. The van der Waals surface area contributed by atoms with Gasteiger partial charge in [-0.2, -0.15) is 10.1 Å². The van der Waals surface area contributed by atoms with Crippen molar-refractivity contribution in [2.75, 3.05) is 13.3 Å². The summed E-state index contributed by atoms with van der Waals surface area (Å²) >= 11 is 0. The number of aromatic nitrogens is 4. The largest absolute Gasteiger partial charge is 0.493 e. The number of amides is 1. The summed E-state index contributed by atoms with van der Waals surface area (Å²) in [4.78, 5) is 21.2. The second-order valence-corrected chi connectivity index (χ2v) is 10.00. The van der Waals surface area contributed by atoms with Crippen LogP contribution in [0.1, 0.15) is 34.5 Å². The van der Waals surface area contributed by atoms with Gasteiger partial charge in [0, 0.05) is 30.6 Å². The van der Waals surface area contributed by atoms with Crippen molar-refractivity contribution in [2.24, 2.45) is 0 Å². The summed E-state index contributed by atoms with van der Waals surface area (Å²) in [6.45, 7) is 3.73. The molecule has 0 spiro atoms. The van der Waals surface area contributed by atoms with Gasteiger partial charge in [0.1, 0.15) is 5.56 Å². The Balaban J connectivity index is 1.63. The standard InChI is InChI=1S/C24H24N5O4P/c1-3-33-34(2,32)19-12-10-18(11-13-19)21(17-8-5-4-6-9-17)27-22(30)20-16-25-24(28-23(20)31)29-15-7-14-26-29/h4-16,21H,3H2,1-2H3,(H,27,30)(H,25,28,31)/t21-,34?/m0/s1. The van der Waals surface area contributed by atoms with Crippen LogP contribution in [0.2, 0.25) is 0 Å². The monoisotopic (exact) mass is 477 g/mol. The first kappa shape index (κ1) is 23.4. The van der Waals surface area contributed by atoms with Crippen molar-refractivity contribution in [1.82, 2.24) is 25.1 Å². The zero-order chi connectivity index (χ0) is 24.1. The predicted octanol–water partition coefficient (Wildman–Crippen LogP) is 3.46. The quantitative estimate of drug-likeness (QED) is 0.373. The first-order valence-corrected chi connectivity index (χ1v) is 12.7. The number of nitrogens with one attached hydrogen (secondary N) is 1. The summed E-state index contributed by atoms with van der Waals surface area (Å²) in [6, 6.07) is 17.7. The normalized spacial score (nSPS) is 13.7. The van der Waals surface area contributed by atoms with E-state index >= 15 is 0 Å². The third-order valence-corrected chi connectivity index (χ3v) is 7.18. The van der Waals surface area contributed by atoms with Gasteiger partial charge >= 0.3 is 0 Å². The Labute approximate surface area is 196 Å². The van der Waals surface area contributed by atoms with Gasteiger partial charge in [-0.1, -0.05) is 42.5 Å². The lowest BCUT2D eigenvalue weighted by atomic mass is 9.98. The maximum absolute atomic E-state index is 13.1. The second kappa shape index (κ2) is 9.99. The molecule has 0 saturated carbocycles. The van der Waals surface area contributed by atoms with E-state index < -0.39 is 25.2 Å². The van der Waals surface area contributed by atoms with Crippen LogP contribution in [0.15, 0.2) is 79.3 Å². The number of benzene rings is 2. The highest BCUT2D eigenvalue weighted by Crippen LogP contribution is 2.41. The molecular formula is C24H24N5O4P. The zero-order valence-corrected chi connectivity index (χ0v) is 19.6. The lowest BCUT2D eigenvalue weighted by molar-refractivity contribution is 0.0939. The van der Waals surface area contributed by atoms with Gasteiger partial charge < -0.3 is 14.9 Å². The van der Waals surface area contributed by atoms with E-state index in [9.17, 15) is 14.5 Å². The van der Waals surface area contributed by atoms with Crippen LogP contribution in [0, 0.1) is 0 Å². The maximum atomic E-state index is 13.1. The molecule has 1 unspecified atom stereocenters. The molecule has 2 heterocycles. The Morgan fingerprint density at radius 1 is 1.12 bits per heavy atom. The molecular weight excluding hydrogens is 453 g/mol. The van der Waals surface area contributed by atoms with E-state index in [1.165, 1.54) is 10.9 Å². The van der Waals surface area contributed by atoms with Crippen molar-refractivity contribution in [3.8, 4) is 11.8 Å². The Kier molecular flexibility index (Phi) is 6.86. The second-order valence-electron chi connectivity index (χ2n) is 7.53. The van der Waals surface area contributed by atoms with E-state index in [1.54, 1.807) is 56.3 Å². The summed E-state index contributed by atoms with van der Waals surface area (Å²) in [5, 5.41) is 17.9. The molecule has 1 amide bonds. The number of hydrogen-bond acceptors (Lipinski definition) is 7. The molecule has 0 saturated heterocycles. The highest BCUT2D eigenvalue weighted by Gasteiger charge is 2.23. The first-order valence-electron chi connectivity index (χ1n) is 10.6. The molecule has 2 atom stereocenters. The zero-order valence-electron chi connectivity index (χ0n) is 18.7. The minimum atomic E-state index is -2.92. The van der Waals surface area contributed by atoms with Crippen molar-refractivity contribution >= 4 is 18.6 Å². The van der Waals surface area contributed by atoms with Gasteiger partial charge in [0.05, 0.1) is 12.6 Å². The SMILES string of the molecule is CCOP(C)(=O)c1ccc([C@@H](NC(=O)c2cnc(-n3cccn3)nc2O)c2ccccc2)cc1. The number of carbonyl (C=O) groups is 1. The van der Waals surface area contributed by atoms with Crippen LogP contribution in [0.5, 0.6) is 5.88 Å². The average molecular weight is 477 g/mol. The Morgan fingerprint density at radius 3 is 2.44 bits per heavy atom. The number of carbonyl (C=O) groups excluding carboxylic acids is 1. The van der Waals surface area contributed by atoms with Gasteiger partial charge in [-0.05, 0) is 36.2 Å². The molecule has 34 heavy (non-hydrogen) atoms. The van der Waals surface area contributed by atoms with E-state index in [4.69, 9.17) is 4.52 Å². The maximum Gasteiger partial charge on any atom is 0.259 e. The van der Waals surface area contributed by atoms with Crippen LogP contribution < -0.4 is 10.6 Å². The van der Waals surface area contributed by atoms with Crippen LogP contribution in [-0.2, 0) is 9.09 Å². The van der Waals surface area contributed by atoms with Gasteiger partial charge in [0.2, 0.25) is 13.2 Å². The van der Waals surface area contributed by atoms with E-state index in [-0.39, 0.29) is 11.5 Å². The highest BCUT2D eigenvalue weighted by atomic mass is 31.2. The molecule has 2 aromatic heterocycles. The minimum absolute atomic E-state index is 0.0668. The fourth-order valence-corrected chi connectivity index (χ4v) is 4.83. The fourth-order valence-electron chi connectivity index (χ4n) is 3.49. The van der Waals surface area contributed by atoms with Gasteiger partial charge in [-0.25, -0.2) is 9.67 Å². The van der Waals surface area contributed by atoms with Crippen LogP contribution in [0.25, 0.3) is 5.95 Å². The minimum Gasteiger partial charge on any atom is -0.493 e. The number of rotatable bonds is 8. The smallest absolute Gasteiger partial charge is 0.259 e. The van der Waals surface area contributed by atoms with Crippen molar-refractivity contribution in [2.45, 2.75) is 13.0 Å². The van der Waals surface area contributed by atoms with Crippen molar-refractivity contribution in [3.63, 3.8) is 0 Å². The molecule has 4 aromatic rings. The molecule has 0 aliphatic rings. The van der Waals surface area contributed by atoms with E-state index in [0.717, 1.165) is 11.1 Å². The molecule has 2 N–H and O–H groups in total. The Hall–Kier alpha value is -3.81. The molecule has 0 bridgehead atoms. The molecule has 0 fully saturated rings.